The van der Waals surface area contributed by atoms with Crippen LogP contribution in [0.4, 0.5) is 8.78 Å². The van der Waals surface area contributed by atoms with Crippen LogP contribution in [0.25, 0.3) is 6.08 Å². The monoisotopic (exact) mass is 168 g/mol. The maximum absolute atomic E-state index is 11.7. The van der Waals surface area contributed by atoms with Crippen molar-refractivity contribution >= 4 is 6.08 Å². The van der Waals surface area contributed by atoms with E-state index in [-0.39, 0.29) is 6.42 Å². The lowest BCUT2D eigenvalue weighted by Crippen LogP contribution is -1.84. The van der Waals surface area contributed by atoms with Gasteiger partial charge in [0, 0.05) is 6.42 Å². The van der Waals surface area contributed by atoms with Crippen molar-refractivity contribution in [3.8, 4) is 0 Å². The van der Waals surface area contributed by atoms with Crippen LogP contribution < -0.4 is 0 Å². The van der Waals surface area contributed by atoms with Crippen LogP contribution >= 0.6 is 0 Å². The fourth-order valence-electron chi connectivity index (χ4n) is 0.871. The van der Waals surface area contributed by atoms with Gasteiger partial charge in [0.25, 0.3) is 0 Å². The third-order valence-electron chi connectivity index (χ3n) is 1.42. The van der Waals surface area contributed by atoms with Crippen LogP contribution in [0.15, 0.2) is 36.4 Å². The molecule has 0 fully saturated rings. The summed E-state index contributed by atoms with van der Waals surface area (Å²) in [6.45, 7) is 0. The van der Waals surface area contributed by atoms with Crippen molar-refractivity contribution in [1.29, 1.82) is 0 Å². The van der Waals surface area contributed by atoms with Crippen molar-refractivity contribution in [2.75, 3.05) is 0 Å². The molecule has 0 N–H and O–H groups in total. The zero-order valence-corrected chi connectivity index (χ0v) is 6.58. The topological polar surface area (TPSA) is 0 Å². The zero-order chi connectivity index (χ0) is 8.81. The minimum absolute atomic E-state index is 0.172. The van der Waals surface area contributed by atoms with Crippen molar-refractivity contribution in [2.24, 2.45) is 0 Å². The van der Waals surface area contributed by atoms with Crippen molar-refractivity contribution in [2.45, 2.75) is 12.8 Å². The Morgan fingerprint density at radius 1 is 1.17 bits per heavy atom. The van der Waals surface area contributed by atoms with Crippen LogP contribution in [0.1, 0.15) is 12.0 Å². The Hall–Kier alpha value is -1.18. The molecule has 0 aromatic heterocycles. The molecule has 0 bridgehead atoms. The van der Waals surface area contributed by atoms with E-state index in [1.165, 1.54) is 6.08 Å². The highest BCUT2D eigenvalue weighted by molar-refractivity contribution is 5.48. The van der Waals surface area contributed by atoms with Crippen LogP contribution in [0.2, 0.25) is 0 Å². The highest BCUT2D eigenvalue weighted by atomic mass is 19.3. The van der Waals surface area contributed by atoms with E-state index < -0.39 is 6.43 Å². The van der Waals surface area contributed by atoms with E-state index in [1.807, 2.05) is 30.3 Å². The SMILES string of the molecule is FC(F)C/C=C/c1ccccc1. The fourth-order valence-corrected chi connectivity index (χ4v) is 0.871. The Morgan fingerprint density at radius 2 is 1.83 bits per heavy atom. The van der Waals surface area contributed by atoms with Crippen LogP contribution in [0.3, 0.4) is 0 Å². The lowest BCUT2D eigenvalue weighted by atomic mass is 10.2. The zero-order valence-electron chi connectivity index (χ0n) is 6.58. The predicted molar refractivity (Wildman–Crippen MR) is 46.1 cm³/mol. The summed E-state index contributed by atoms with van der Waals surface area (Å²) >= 11 is 0. The molecular formula is C10H10F2. The molecule has 0 heterocycles. The molecule has 0 radical (unpaired) electrons. The second-order valence-corrected chi connectivity index (χ2v) is 2.44. The summed E-state index contributed by atoms with van der Waals surface area (Å²) in [6.07, 6.45) is 0.770. The highest BCUT2D eigenvalue weighted by Gasteiger charge is 1.95. The molecule has 0 atom stereocenters. The number of halogens is 2. The normalized spacial score (nSPS) is 11.2. The number of alkyl halides is 2. The molecule has 0 aliphatic rings. The Bertz CT molecular complexity index is 239. The molecule has 64 valence electrons. The maximum atomic E-state index is 11.7. The average molecular weight is 168 g/mol. The van der Waals surface area contributed by atoms with E-state index in [4.69, 9.17) is 0 Å². The van der Waals surface area contributed by atoms with Crippen LogP contribution in [-0.2, 0) is 0 Å². The number of allylic oxidation sites excluding steroid dienone is 1. The van der Waals surface area contributed by atoms with Gasteiger partial charge in [-0.3, -0.25) is 0 Å². The van der Waals surface area contributed by atoms with Gasteiger partial charge in [0.1, 0.15) is 0 Å². The summed E-state index contributed by atoms with van der Waals surface area (Å²) in [4.78, 5) is 0. The fraction of sp³-hybridized carbons (Fsp3) is 0.200. The molecule has 0 spiro atoms. The first-order chi connectivity index (χ1) is 5.79. The van der Waals surface area contributed by atoms with Gasteiger partial charge in [-0.25, -0.2) is 8.78 Å². The van der Waals surface area contributed by atoms with Crippen molar-refractivity contribution < 1.29 is 8.78 Å². The summed E-state index contributed by atoms with van der Waals surface area (Å²) in [5, 5.41) is 0. The van der Waals surface area contributed by atoms with Gasteiger partial charge >= 0.3 is 0 Å². The number of hydrogen-bond donors (Lipinski definition) is 0. The number of benzene rings is 1. The minimum Gasteiger partial charge on any atom is -0.210 e. The molecular weight excluding hydrogens is 158 g/mol. The van der Waals surface area contributed by atoms with E-state index >= 15 is 0 Å². The first-order valence-corrected chi connectivity index (χ1v) is 3.79. The van der Waals surface area contributed by atoms with Gasteiger partial charge in [-0.1, -0.05) is 42.5 Å². The van der Waals surface area contributed by atoms with E-state index in [0.29, 0.717) is 0 Å². The molecule has 1 aromatic rings. The van der Waals surface area contributed by atoms with E-state index in [9.17, 15) is 8.78 Å². The Labute approximate surface area is 70.5 Å². The summed E-state index contributed by atoms with van der Waals surface area (Å²) in [5.41, 5.74) is 0.957. The second kappa shape index (κ2) is 4.65. The molecule has 12 heavy (non-hydrogen) atoms. The molecule has 1 rings (SSSR count). The van der Waals surface area contributed by atoms with Crippen molar-refractivity contribution in [1.82, 2.24) is 0 Å². The highest BCUT2D eigenvalue weighted by Crippen LogP contribution is 2.05. The Kier molecular flexibility index (Phi) is 3.45. The molecule has 2 heteroatoms. The Morgan fingerprint density at radius 3 is 2.42 bits per heavy atom. The Balaban J connectivity index is 2.47. The smallest absolute Gasteiger partial charge is 0.210 e. The lowest BCUT2D eigenvalue weighted by Gasteiger charge is -1.91. The van der Waals surface area contributed by atoms with E-state index in [0.717, 1.165) is 5.56 Å². The third kappa shape index (κ3) is 3.28. The predicted octanol–water partition coefficient (Wildman–Crippen LogP) is 3.36. The summed E-state index contributed by atoms with van der Waals surface area (Å²) in [6, 6.07) is 9.40. The number of hydrogen-bond acceptors (Lipinski definition) is 0. The van der Waals surface area contributed by atoms with Crippen molar-refractivity contribution in [3.05, 3.63) is 42.0 Å². The molecule has 1 aromatic carbocycles. The molecule has 0 saturated heterocycles. The van der Waals surface area contributed by atoms with E-state index in [1.54, 1.807) is 6.08 Å². The maximum Gasteiger partial charge on any atom is 0.242 e. The molecule has 0 aliphatic carbocycles. The molecule has 0 amide bonds. The van der Waals surface area contributed by atoms with Gasteiger partial charge in [0.05, 0.1) is 0 Å². The van der Waals surface area contributed by atoms with Crippen molar-refractivity contribution in [3.63, 3.8) is 0 Å². The largest absolute Gasteiger partial charge is 0.242 e. The van der Waals surface area contributed by atoms with Gasteiger partial charge in [0.2, 0.25) is 6.43 Å². The summed E-state index contributed by atoms with van der Waals surface area (Å²) in [5.74, 6) is 0. The first kappa shape index (κ1) is 8.91. The molecule has 0 nitrogen and oxygen atoms in total. The second-order valence-electron chi connectivity index (χ2n) is 2.44. The molecule has 0 saturated carbocycles. The van der Waals surface area contributed by atoms with E-state index in [2.05, 4.69) is 0 Å². The lowest BCUT2D eigenvalue weighted by molar-refractivity contribution is 0.152. The van der Waals surface area contributed by atoms with Crippen LogP contribution in [0.5, 0.6) is 0 Å². The number of rotatable bonds is 3. The quantitative estimate of drug-likeness (QED) is 0.649. The molecule has 0 unspecified atom stereocenters. The average Bonchev–Trinajstić information content (AvgIpc) is 2.05. The summed E-state index contributed by atoms with van der Waals surface area (Å²) in [7, 11) is 0. The van der Waals surface area contributed by atoms with Crippen LogP contribution in [-0.4, -0.2) is 6.43 Å². The molecule has 0 aliphatic heterocycles. The minimum atomic E-state index is -2.25. The standard InChI is InChI=1S/C10H10F2/c11-10(12)8-4-7-9-5-2-1-3-6-9/h1-7,10H,8H2/b7-4+. The van der Waals surface area contributed by atoms with Gasteiger partial charge in [-0.05, 0) is 5.56 Å². The van der Waals surface area contributed by atoms with Gasteiger partial charge in [-0.15, -0.1) is 0 Å². The van der Waals surface area contributed by atoms with Crippen LogP contribution in [0, 0.1) is 0 Å². The third-order valence-corrected chi connectivity index (χ3v) is 1.42. The van der Waals surface area contributed by atoms with Gasteiger partial charge in [-0.2, -0.15) is 0 Å². The van der Waals surface area contributed by atoms with Gasteiger partial charge in [0.15, 0.2) is 0 Å². The summed E-state index contributed by atoms with van der Waals surface area (Å²) < 4.78 is 23.4. The van der Waals surface area contributed by atoms with Gasteiger partial charge < -0.3 is 0 Å². The first-order valence-electron chi connectivity index (χ1n) is 3.79.